The number of thiazole rings is 1. The molecular weight excluding hydrogens is 452 g/mol. The smallest absolute Gasteiger partial charge is 0.381 e. The van der Waals surface area contributed by atoms with E-state index in [1.54, 1.807) is 30.3 Å². The molecule has 0 bridgehead atoms. The predicted molar refractivity (Wildman–Crippen MR) is 125 cm³/mol. The zero-order chi connectivity index (χ0) is 22.5. The highest BCUT2D eigenvalue weighted by atomic mass is 35.5. The van der Waals surface area contributed by atoms with Crippen LogP contribution in [0.2, 0.25) is 5.02 Å². The third-order valence-corrected chi connectivity index (χ3v) is 6.40. The van der Waals surface area contributed by atoms with Crippen LogP contribution >= 0.6 is 22.9 Å². The highest BCUT2D eigenvalue weighted by molar-refractivity contribution is 7.20. The van der Waals surface area contributed by atoms with Gasteiger partial charge in [0.1, 0.15) is 0 Å². The van der Waals surface area contributed by atoms with Crippen LogP contribution in [0.4, 0.5) is 10.5 Å². The third-order valence-electron chi connectivity index (χ3n) is 5.25. The van der Waals surface area contributed by atoms with Crippen molar-refractivity contribution in [3.63, 3.8) is 0 Å². The molecule has 0 radical (unpaired) electrons. The maximum atomic E-state index is 13.3. The van der Waals surface area contributed by atoms with Crippen molar-refractivity contribution in [3.8, 4) is 5.19 Å². The van der Waals surface area contributed by atoms with Gasteiger partial charge in [0.2, 0.25) is 5.91 Å². The average Bonchev–Trinajstić information content (AvgIpc) is 3.16. The number of fused-ring (bicyclic) bond motifs is 1. The molecule has 4 rings (SSSR count). The van der Waals surface area contributed by atoms with Gasteiger partial charge in [0.25, 0.3) is 5.19 Å². The standard InChI is InChI=1S/C22H23ClN4O4S/c23-15-3-1-14(2-4-15)17(7-8-27-9-11-30-12-10-27)20(28)25-16-5-6-18-19(13-16)32-22(26-18)31-21(24)29/h1-6,13,17H,7-12H2,(H2,24,29)(H,25,28). The van der Waals surface area contributed by atoms with Crippen LogP contribution in [-0.4, -0.2) is 54.7 Å². The van der Waals surface area contributed by atoms with Gasteiger partial charge in [0, 0.05) is 23.8 Å². The fourth-order valence-electron chi connectivity index (χ4n) is 3.62. The molecular formula is C22H23ClN4O4S. The summed E-state index contributed by atoms with van der Waals surface area (Å²) < 4.78 is 11.0. The molecule has 2 aromatic carbocycles. The number of halogens is 1. The van der Waals surface area contributed by atoms with Crippen molar-refractivity contribution in [1.82, 2.24) is 9.88 Å². The van der Waals surface area contributed by atoms with Crippen molar-refractivity contribution in [1.29, 1.82) is 0 Å². The number of morpholine rings is 1. The molecule has 10 heteroatoms. The molecule has 0 spiro atoms. The van der Waals surface area contributed by atoms with Gasteiger partial charge in [-0.05, 0) is 48.9 Å². The minimum absolute atomic E-state index is 0.0990. The lowest BCUT2D eigenvalue weighted by Crippen LogP contribution is -2.38. The molecule has 3 N–H and O–H groups in total. The number of anilines is 1. The molecule has 1 fully saturated rings. The van der Waals surface area contributed by atoms with Gasteiger partial charge in [0.15, 0.2) is 0 Å². The van der Waals surface area contributed by atoms with E-state index in [1.165, 1.54) is 11.3 Å². The van der Waals surface area contributed by atoms with E-state index in [9.17, 15) is 9.59 Å². The molecule has 1 atom stereocenters. The lowest BCUT2D eigenvalue weighted by Gasteiger charge is -2.28. The molecule has 1 aliphatic rings. The van der Waals surface area contributed by atoms with E-state index in [-0.39, 0.29) is 17.0 Å². The Morgan fingerprint density at radius 2 is 1.97 bits per heavy atom. The van der Waals surface area contributed by atoms with Crippen LogP contribution in [0.5, 0.6) is 5.19 Å². The summed E-state index contributed by atoms with van der Waals surface area (Å²) in [7, 11) is 0. The summed E-state index contributed by atoms with van der Waals surface area (Å²) in [6.45, 7) is 3.97. The van der Waals surface area contributed by atoms with Gasteiger partial charge in [-0.15, -0.1) is 0 Å². The summed E-state index contributed by atoms with van der Waals surface area (Å²) in [4.78, 5) is 30.7. The Bertz CT molecular complexity index is 1100. The van der Waals surface area contributed by atoms with Crippen LogP contribution in [0.25, 0.3) is 10.2 Å². The van der Waals surface area contributed by atoms with Crippen LogP contribution < -0.4 is 15.8 Å². The maximum absolute atomic E-state index is 13.3. The fourth-order valence-corrected chi connectivity index (χ4v) is 4.61. The van der Waals surface area contributed by atoms with Crippen LogP contribution in [0, 0.1) is 0 Å². The molecule has 1 saturated heterocycles. The highest BCUT2D eigenvalue weighted by Crippen LogP contribution is 2.31. The summed E-state index contributed by atoms with van der Waals surface area (Å²) in [5.41, 5.74) is 7.26. The molecule has 2 heterocycles. The van der Waals surface area contributed by atoms with Gasteiger partial charge in [-0.1, -0.05) is 35.1 Å². The number of carbonyl (C=O) groups excluding carboxylic acids is 2. The van der Waals surface area contributed by atoms with Gasteiger partial charge in [0.05, 0.1) is 29.3 Å². The van der Waals surface area contributed by atoms with Gasteiger partial charge in [-0.3, -0.25) is 9.69 Å². The molecule has 1 aromatic heterocycles. The minimum Gasteiger partial charge on any atom is -0.381 e. The zero-order valence-corrected chi connectivity index (χ0v) is 18.8. The molecule has 1 aliphatic heterocycles. The van der Waals surface area contributed by atoms with E-state index in [1.807, 2.05) is 12.1 Å². The fraction of sp³-hybridized carbons (Fsp3) is 0.318. The minimum atomic E-state index is -0.913. The Hall–Kier alpha value is -2.72. The number of aromatic nitrogens is 1. The van der Waals surface area contributed by atoms with Gasteiger partial charge < -0.3 is 20.5 Å². The van der Waals surface area contributed by atoms with Crippen LogP contribution in [0.3, 0.4) is 0 Å². The summed E-state index contributed by atoms with van der Waals surface area (Å²) in [6, 6.07) is 12.7. The monoisotopic (exact) mass is 474 g/mol. The Kier molecular flexibility index (Phi) is 7.21. The van der Waals surface area contributed by atoms with Gasteiger partial charge >= 0.3 is 6.09 Å². The number of rotatable bonds is 7. The Balaban J connectivity index is 1.50. The molecule has 0 saturated carbocycles. The number of primary amides is 1. The molecule has 168 valence electrons. The van der Waals surface area contributed by atoms with Crippen molar-refractivity contribution in [2.45, 2.75) is 12.3 Å². The number of hydrogen-bond donors (Lipinski definition) is 2. The lowest BCUT2D eigenvalue weighted by molar-refractivity contribution is -0.117. The van der Waals surface area contributed by atoms with Crippen molar-refractivity contribution in [2.75, 3.05) is 38.2 Å². The molecule has 0 aliphatic carbocycles. The van der Waals surface area contributed by atoms with E-state index in [0.717, 1.165) is 29.9 Å². The van der Waals surface area contributed by atoms with E-state index in [4.69, 9.17) is 26.8 Å². The SMILES string of the molecule is NC(=O)Oc1nc2ccc(NC(=O)C(CCN3CCOCC3)c3ccc(Cl)cc3)cc2s1. The second-order valence-electron chi connectivity index (χ2n) is 7.42. The number of benzene rings is 2. The first-order valence-electron chi connectivity index (χ1n) is 10.2. The van der Waals surface area contributed by atoms with E-state index in [0.29, 0.717) is 35.9 Å². The number of ether oxygens (including phenoxy) is 2. The van der Waals surface area contributed by atoms with Crippen molar-refractivity contribution < 1.29 is 19.1 Å². The van der Waals surface area contributed by atoms with E-state index >= 15 is 0 Å². The zero-order valence-electron chi connectivity index (χ0n) is 17.3. The highest BCUT2D eigenvalue weighted by Gasteiger charge is 2.23. The lowest BCUT2D eigenvalue weighted by atomic mass is 9.94. The van der Waals surface area contributed by atoms with Crippen LogP contribution in [-0.2, 0) is 9.53 Å². The second-order valence-corrected chi connectivity index (χ2v) is 8.85. The maximum Gasteiger partial charge on any atom is 0.411 e. The van der Waals surface area contributed by atoms with Crippen LogP contribution in [0.15, 0.2) is 42.5 Å². The quantitative estimate of drug-likeness (QED) is 0.538. The Labute approximate surface area is 194 Å². The summed E-state index contributed by atoms with van der Waals surface area (Å²) >= 11 is 7.23. The number of nitrogens with zero attached hydrogens (tertiary/aromatic N) is 2. The number of nitrogens with one attached hydrogen (secondary N) is 1. The first kappa shape index (κ1) is 22.5. The molecule has 2 amide bonds. The average molecular weight is 475 g/mol. The molecule has 8 nitrogen and oxygen atoms in total. The number of hydrogen-bond acceptors (Lipinski definition) is 7. The second kappa shape index (κ2) is 10.3. The molecule has 3 aromatic rings. The first-order valence-corrected chi connectivity index (χ1v) is 11.4. The van der Waals surface area contributed by atoms with E-state index < -0.39 is 6.09 Å². The summed E-state index contributed by atoms with van der Waals surface area (Å²) in [5, 5.41) is 3.81. The van der Waals surface area contributed by atoms with E-state index in [2.05, 4.69) is 15.2 Å². The van der Waals surface area contributed by atoms with Gasteiger partial charge in [-0.2, -0.15) is 0 Å². The molecule has 1 unspecified atom stereocenters. The van der Waals surface area contributed by atoms with Crippen LogP contribution in [0.1, 0.15) is 17.9 Å². The number of nitrogens with two attached hydrogens (primary N) is 1. The normalized spacial score (nSPS) is 15.4. The molecule has 32 heavy (non-hydrogen) atoms. The number of carbonyl (C=O) groups is 2. The third kappa shape index (κ3) is 5.74. The Morgan fingerprint density at radius 1 is 1.22 bits per heavy atom. The number of amides is 2. The predicted octanol–water partition coefficient (Wildman–Crippen LogP) is 3.85. The van der Waals surface area contributed by atoms with Crippen molar-refractivity contribution in [2.24, 2.45) is 5.73 Å². The summed E-state index contributed by atoms with van der Waals surface area (Å²) in [6.07, 6.45) is -0.240. The van der Waals surface area contributed by atoms with Crippen molar-refractivity contribution in [3.05, 3.63) is 53.1 Å². The topological polar surface area (TPSA) is 107 Å². The van der Waals surface area contributed by atoms with Crippen molar-refractivity contribution >= 4 is 50.8 Å². The van der Waals surface area contributed by atoms with Gasteiger partial charge in [-0.25, -0.2) is 9.78 Å². The Morgan fingerprint density at radius 3 is 2.69 bits per heavy atom. The largest absolute Gasteiger partial charge is 0.411 e. The first-order chi connectivity index (χ1) is 15.5. The summed E-state index contributed by atoms with van der Waals surface area (Å²) in [5.74, 6) is -0.431.